The van der Waals surface area contributed by atoms with Gasteiger partial charge in [0, 0.05) is 0 Å². The maximum absolute atomic E-state index is 4.45. The summed E-state index contributed by atoms with van der Waals surface area (Å²) in [5, 5.41) is 0. The van der Waals surface area contributed by atoms with Crippen LogP contribution in [0.25, 0.3) is 0 Å². The molecule has 42 valence electrons. The van der Waals surface area contributed by atoms with Gasteiger partial charge in [0.1, 0.15) is 0 Å². The molecule has 0 saturated carbocycles. The Morgan fingerprint density at radius 3 is 0.800 bits per heavy atom. The number of hydrogen-bond donors (Lipinski definition) is 0. The normalized spacial score (nSPS) is 1.40. The van der Waals surface area contributed by atoms with Crippen LogP contribution in [0.2, 0.25) is 0 Å². The van der Waals surface area contributed by atoms with Crippen LogP contribution >= 0.6 is 46.4 Å². The summed E-state index contributed by atoms with van der Waals surface area (Å²) >= 11 is 2.42. The van der Waals surface area contributed by atoms with Gasteiger partial charge < -0.3 is 0 Å². The van der Waals surface area contributed by atoms with Gasteiger partial charge in [-0.3, -0.25) is 0 Å². The number of rotatable bonds is 0. The fourth-order valence-corrected chi connectivity index (χ4v) is 0. The van der Waals surface area contributed by atoms with Gasteiger partial charge >= 0.3 is 29.2 Å². The average molecular weight is 253 g/mol. The Morgan fingerprint density at radius 2 is 0.800 bits per heavy atom. The molecule has 0 fully saturated rings. The molecule has 0 aromatic carbocycles. The van der Waals surface area contributed by atoms with Crippen molar-refractivity contribution < 1.29 is 20.0 Å². The van der Waals surface area contributed by atoms with Gasteiger partial charge in [-0.05, 0) is 0 Å². The van der Waals surface area contributed by atoms with Crippen LogP contribution in [0.5, 0.6) is 0 Å². The van der Waals surface area contributed by atoms with Crippen molar-refractivity contribution in [3.05, 3.63) is 0 Å². The average Bonchev–Trinajstić information content (AvgIpc) is 1.00. The van der Waals surface area contributed by atoms with E-state index in [2.05, 4.69) is 29.2 Å². The summed E-state index contributed by atoms with van der Waals surface area (Å²) in [7, 11) is 4.45. The second kappa shape index (κ2) is 39.2. The molecule has 0 aliphatic rings. The SMILES string of the molecule is Cl.Cl.Cl.[Cl][Ag]. The monoisotopic (exact) mass is 250 g/mol. The van der Waals surface area contributed by atoms with Crippen molar-refractivity contribution in [2.75, 3.05) is 0 Å². The Kier molecular flexibility index (Phi) is 224. The van der Waals surface area contributed by atoms with Gasteiger partial charge in [-0.25, -0.2) is 0 Å². The van der Waals surface area contributed by atoms with Crippen LogP contribution < -0.4 is 0 Å². The van der Waals surface area contributed by atoms with E-state index in [1.165, 1.54) is 0 Å². The summed E-state index contributed by atoms with van der Waals surface area (Å²) in [6.45, 7) is 0. The van der Waals surface area contributed by atoms with Crippen LogP contribution in [0.1, 0.15) is 0 Å². The van der Waals surface area contributed by atoms with Crippen molar-refractivity contribution >= 4 is 46.4 Å². The first-order chi connectivity index (χ1) is 1.00. The summed E-state index contributed by atoms with van der Waals surface area (Å²) in [5.41, 5.74) is 0. The van der Waals surface area contributed by atoms with E-state index in [9.17, 15) is 0 Å². The molecule has 0 rings (SSSR count). The maximum atomic E-state index is 4.45. The van der Waals surface area contributed by atoms with E-state index < -0.39 is 0 Å². The molecule has 0 spiro atoms. The van der Waals surface area contributed by atoms with Crippen molar-refractivity contribution in [2.45, 2.75) is 0 Å². The first kappa shape index (κ1) is 28.6. The van der Waals surface area contributed by atoms with Crippen molar-refractivity contribution in [3.63, 3.8) is 0 Å². The van der Waals surface area contributed by atoms with Crippen molar-refractivity contribution in [3.8, 4) is 0 Å². The molecule has 0 unspecified atom stereocenters. The third kappa shape index (κ3) is 24.9. The zero-order valence-electron chi connectivity index (χ0n) is 1.90. The second-order valence-electron chi connectivity index (χ2n) is 0. The van der Waals surface area contributed by atoms with Crippen LogP contribution in [0.15, 0.2) is 0 Å². The van der Waals surface area contributed by atoms with Crippen molar-refractivity contribution in [1.82, 2.24) is 0 Å². The first-order valence-electron chi connectivity index (χ1n) is 0.114. The molecule has 0 radical (unpaired) electrons. The summed E-state index contributed by atoms with van der Waals surface area (Å²) in [4.78, 5) is 0. The van der Waals surface area contributed by atoms with Crippen LogP contribution in [0.3, 0.4) is 0 Å². The molecule has 0 amide bonds. The third-order valence-electron chi connectivity index (χ3n) is 0. The fraction of sp³-hybridized carbons (Fsp3) is 0. The van der Waals surface area contributed by atoms with E-state index in [-0.39, 0.29) is 37.2 Å². The van der Waals surface area contributed by atoms with E-state index in [0.717, 1.165) is 0 Å². The van der Waals surface area contributed by atoms with Crippen molar-refractivity contribution in [1.29, 1.82) is 0 Å². The Hall–Kier alpha value is 1.90. The van der Waals surface area contributed by atoms with Crippen LogP contribution in [-0.2, 0) is 20.0 Å². The van der Waals surface area contributed by atoms with Gasteiger partial charge in [-0.15, -0.1) is 37.2 Å². The molecular weight excluding hydrogens is 250 g/mol. The summed E-state index contributed by atoms with van der Waals surface area (Å²) in [6, 6.07) is 0. The minimum atomic E-state index is 0. The summed E-state index contributed by atoms with van der Waals surface area (Å²) in [5.74, 6) is 0. The van der Waals surface area contributed by atoms with Crippen LogP contribution in [0.4, 0.5) is 0 Å². The number of hydrogen-bond acceptors (Lipinski definition) is 0. The molecule has 0 aromatic heterocycles. The Labute approximate surface area is 66.0 Å². The fourth-order valence-electron chi connectivity index (χ4n) is 0. The molecule has 0 saturated heterocycles. The van der Waals surface area contributed by atoms with E-state index >= 15 is 0 Å². The predicted octanol–water partition coefficient (Wildman–Crippen LogP) is 1.95. The van der Waals surface area contributed by atoms with Gasteiger partial charge in [-0.2, -0.15) is 0 Å². The molecule has 0 aliphatic carbocycles. The van der Waals surface area contributed by atoms with Gasteiger partial charge in [0.2, 0.25) is 0 Å². The van der Waals surface area contributed by atoms with Crippen LogP contribution in [-0.4, -0.2) is 0 Å². The zero-order chi connectivity index (χ0) is 2.00. The quantitative estimate of drug-likeness (QED) is 0.578. The number of halogens is 4. The molecule has 0 aliphatic heterocycles. The molecule has 0 N–H and O–H groups in total. The first-order valence-corrected chi connectivity index (χ1v) is 2.02. The van der Waals surface area contributed by atoms with E-state index in [4.69, 9.17) is 0 Å². The molecule has 5 heteroatoms. The molecule has 0 bridgehead atoms. The van der Waals surface area contributed by atoms with Gasteiger partial charge in [0.25, 0.3) is 0 Å². The minimum absolute atomic E-state index is 0. The standard InChI is InChI=1S/Ag.4ClH/h;4*1H/q+1;;;;/p-1. The van der Waals surface area contributed by atoms with E-state index in [1.807, 2.05) is 0 Å². The van der Waals surface area contributed by atoms with Gasteiger partial charge in [0.05, 0.1) is 0 Å². The van der Waals surface area contributed by atoms with E-state index in [1.54, 1.807) is 0 Å². The van der Waals surface area contributed by atoms with Crippen molar-refractivity contribution in [2.24, 2.45) is 0 Å². The molecule has 5 heavy (non-hydrogen) atoms. The zero-order valence-corrected chi connectivity index (χ0v) is 6.59. The van der Waals surface area contributed by atoms with Gasteiger partial charge in [0.15, 0.2) is 0 Å². The van der Waals surface area contributed by atoms with Gasteiger partial charge in [-0.1, -0.05) is 0 Å². The predicted molar refractivity (Wildman–Crippen MR) is 27.6 cm³/mol. The summed E-state index contributed by atoms with van der Waals surface area (Å²) < 4.78 is 0. The second-order valence-corrected chi connectivity index (χ2v) is 0. The molecule has 0 atom stereocenters. The topological polar surface area (TPSA) is 0 Å². The third-order valence-corrected chi connectivity index (χ3v) is 0. The van der Waals surface area contributed by atoms with Crippen LogP contribution in [0, 0.1) is 0 Å². The summed E-state index contributed by atoms with van der Waals surface area (Å²) in [6.07, 6.45) is 0. The molecule has 0 heterocycles. The molecule has 0 aromatic rings. The van der Waals surface area contributed by atoms with E-state index in [0.29, 0.717) is 0 Å². The Morgan fingerprint density at radius 1 is 0.800 bits per heavy atom. The molecular formula is H3AgCl4. The Balaban J connectivity index is -0.00000000167. The Bertz CT molecular complexity index is 3.61. The molecule has 0 nitrogen and oxygen atoms in total.